The first-order valence-corrected chi connectivity index (χ1v) is 11.1. The van der Waals surface area contributed by atoms with E-state index in [-0.39, 0.29) is 11.3 Å². The number of nitrogens with zero attached hydrogens (tertiary/aromatic N) is 1. The van der Waals surface area contributed by atoms with Gasteiger partial charge < -0.3 is 14.7 Å². The number of ether oxygens (including phenoxy) is 1. The maximum Gasteiger partial charge on any atom is 0.295 e. The highest BCUT2D eigenvalue weighted by molar-refractivity contribution is 6.46. The quantitative estimate of drug-likeness (QED) is 0.260. The van der Waals surface area contributed by atoms with E-state index in [1.807, 2.05) is 43.3 Å². The van der Waals surface area contributed by atoms with E-state index in [0.29, 0.717) is 24.5 Å². The molecule has 1 saturated heterocycles. The molecule has 1 unspecified atom stereocenters. The second-order valence-electron chi connectivity index (χ2n) is 7.76. The van der Waals surface area contributed by atoms with Crippen molar-refractivity contribution in [2.24, 2.45) is 0 Å². The van der Waals surface area contributed by atoms with Gasteiger partial charge in [-0.05, 0) is 43.0 Å². The van der Waals surface area contributed by atoms with Crippen LogP contribution in [-0.2, 0) is 16.0 Å². The molecule has 31 heavy (non-hydrogen) atoms. The maximum absolute atomic E-state index is 13.0. The van der Waals surface area contributed by atoms with Gasteiger partial charge in [-0.2, -0.15) is 0 Å². The van der Waals surface area contributed by atoms with Crippen LogP contribution >= 0.6 is 0 Å². The fourth-order valence-corrected chi connectivity index (χ4v) is 3.98. The van der Waals surface area contributed by atoms with Crippen molar-refractivity contribution in [3.8, 4) is 5.75 Å². The lowest BCUT2D eigenvalue weighted by atomic mass is 9.94. The highest BCUT2D eigenvalue weighted by Crippen LogP contribution is 2.40. The molecule has 1 aliphatic rings. The number of carbonyl (C=O) groups is 2. The highest BCUT2D eigenvalue weighted by atomic mass is 16.5. The summed E-state index contributed by atoms with van der Waals surface area (Å²) in [5.74, 6) is -0.660. The number of amides is 1. The topological polar surface area (TPSA) is 66.8 Å². The summed E-state index contributed by atoms with van der Waals surface area (Å²) >= 11 is 0. The number of rotatable bonds is 9. The van der Waals surface area contributed by atoms with Crippen molar-refractivity contribution in [1.82, 2.24) is 4.90 Å². The summed E-state index contributed by atoms with van der Waals surface area (Å²) in [7, 11) is 0. The Morgan fingerprint density at radius 1 is 1.03 bits per heavy atom. The molecule has 0 saturated carbocycles. The molecule has 3 rings (SSSR count). The normalized spacial score (nSPS) is 17.9. The van der Waals surface area contributed by atoms with E-state index >= 15 is 0 Å². The van der Waals surface area contributed by atoms with Gasteiger partial charge in [0.25, 0.3) is 11.7 Å². The van der Waals surface area contributed by atoms with Gasteiger partial charge in [0.15, 0.2) is 0 Å². The lowest BCUT2D eigenvalue weighted by molar-refractivity contribution is -0.139. The first-order chi connectivity index (χ1) is 15.0. The van der Waals surface area contributed by atoms with Crippen LogP contribution < -0.4 is 4.74 Å². The summed E-state index contributed by atoms with van der Waals surface area (Å²) in [6, 6.07) is 14.2. The second-order valence-corrected chi connectivity index (χ2v) is 7.76. The monoisotopic (exact) mass is 421 g/mol. The van der Waals surface area contributed by atoms with Gasteiger partial charge in [-0.25, -0.2) is 0 Å². The Balaban J connectivity index is 2.10. The molecule has 1 amide bonds. The highest BCUT2D eigenvalue weighted by Gasteiger charge is 2.45. The van der Waals surface area contributed by atoms with E-state index in [4.69, 9.17) is 4.74 Å². The van der Waals surface area contributed by atoms with Gasteiger partial charge in [0, 0.05) is 12.1 Å². The number of hydrogen-bond acceptors (Lipinski definition) is 4. The van der Waals surface area contributed by atoms with Crippen LogP contribution in [0, 0.1) is 0 Å². The smallest absolute Gasteiger partial charge is 0.295 e. The van der Waals surface area contributed by atoms with Crippen LogP contribution in [0.25, 0.3) is 5.76 Å². The number of aryl methyl sites for hydroxylation is 1. The number of aliphatic hydroxyl groups is 1. The van der Waals surface area contributed by atoms with Crippen LogP contribution in [-0.4, -0.2) is 34.8 Å². The van der Waals surface area contributed by atoms with Crippen molar-refractivity contribution < 1.29 is 19.4 Å². The molecule has 0 aromatic heterocycles. The standard InChI is InChI=1S/C26H31NO4/c1-4-7-8-16-27-23(20-10-9-11-21(17-20)31-6-3)22(25(29)26(27)30)24(28)19-14-12-18(5-2)13-15-19/h9-15,17,23,28H,4-8,16H2,1-3H3/b24-22-. The third-order valence-corrected chi connectivity index (χ3v) is 5.66. The Morgan fingerprint density at radius 3 is 2.42 bits per heavy atom. The van der Waals surface area contributed by atoms with Crippen LogP contribution in [0.2, 0.25) is 0 Å². The zero-order valence-electron chi connectivity index (χ0n) is 18.6. The number of ketones is 1. The molecular formula is C26H31NO4. The van der Waals surface area contributed by atoms with Crippen LogP contribution in [0.5, 0.6) is 5.75 Å². The summed E-state index contributed by atoms with van der Waals surface area (Å²) in [4.78, 5) is 27.6. The molecule has 0 radical (unpaired) electrons. The van der Waals surface area contributed by atoms with Gasteiger partial charge >= 0.3 is 0 Å². The summed E-state index contributed by atoms with van der Waals surface area (Å²) in [6.45, 7) is 7.04. The Kier molecular flexibility index (Phi) is 7.50. The molecule has 5 heteroatoms. The van der Waals surface area contributed by atoms with Crippen molar-refractivity contribution in [3.63, 3.8) is 0 Å². The Bertz CT molecular complexity index is 962. The molecule has 164 valence electrons. The molecule has 2 aromatic rings. The fourth-order valence-electron chi connectivity index (χ4n) is 3.98. The predicted molar refractivity (Wildman–Crippen MR) is 122 cm³/mol. The van der Waals surface area contributed by atoms with Crippen molar-refractivity contribution in [2.45, 2.75) is 52.5 Å². The van der Waals surface area contributed by atoms with Crippen LogP contribution in [0.3, 0.4) is 0 Å². The molecule has 1 heterocycles. The zero-order valence-corrected chi connectivity index (χ0v) is 18.6. The average Bonchev–Trinajstić information content (AvgIpc) is 3.04. The third-order valence-electron chi connectivity index (χ3n) is 5.66. The molecular weight excluding hydrogens is 390 g/mol. The van der Waals surface area contributed by atoms with Gasteiger partial charge in [-0.15, -0.1) is 0 Å². The molecule has 1 N–H and O–H groups in total. The number of Topliss-reactive ketones (excluding diaryl/α,β-unsaturated/α-hetero) is 1. The predicted octanol–water partition coefficient (Wildman–Crippen LogP) is 5.26. The lowest BCUT2D eigenvalue weighted by Gasteiger charge is -2.25. The number of aliphatic hydroxyl groups excluding tert-OH is 1. The van der Waals surface area contributed by atoms with Gasteiger partial charge in [0.05, 0.1) is 18.2 Å². The summed E-state index contributed by atoms with van der Waals surface area (Å²) in [5, 5.41) is 11.1. The Morgan fingerprint density at radius 2 is 1.77 bits per heavy atom. The van der Waals surface area contributed by atoms with E-state index in [2.05, 4.69) is 13.8 Å². The van der Waals surface area contributed by atoms with Gasteiger partial charge in [-0.3, -0.25) is 9.59 Å². The number of unbranched alkanes of at least 4 members (excludes halogenated alkanes) is 2. The van der Waals surface area contributed by atoms with Crippen LogP contribution in [0.1, 0.15) is 62.8 Å². The Hall–Kier alpha value is -3.08. The van der Waals surface area contributed by atoms with E-state index in [0.717, 1.165) is 36.8 Å². The number of carbonyl (C=O) groups excluding carboxylic acids is 2. The van der Waals surface area contributed by atoms with Crippen molar-refractivity contribution in [3.05, 3.63) is 70.8 Å². The van der Waals surface area contributed by atoms with E-state index < -0.39 is 17.7 Å². The SMILES string of the molecule is CCCCCN1C(=O)C(=O)/C(=C(\O)c2ccc(CC)cc2)C1c1cccc(OCC)c1. The molecule has 1 atom stereocenters. The minimum absolute atomic E-state index is 0.134. The van der Waals surface area contributed by atoms with Gasteiger partial charge in [0.2, 0.25) is 0 Å². The molecule has 2 aromatic carbocycles. The van der Waals surface area contributed by atoms with E-state index in [1.54, 1.807) is 17.0 Å². The Labute approximate surface area is 184 Å². The third kappa shape index (κ3) is 4.82. The van der Waals surface area contributed by atoms with Crippen LogP contribution in [0.15, 0.2) is 54.1 Å². The summed E-state index contributed by atoms with van der Waals surface area (Å²) in [6.07, 6.45) is 3.66. The van der Waals surface area contributed by atoms with Crippen LogP contribution in [0.4, 0.5) is 0 Å². The summed E-state index contributed by atoms with van der Waals surface area (Å²) < 4.78 is 5.63. The lowest BCUT2D eigenvalue weighted by Crippen LogP contribution is -2.30. The molecule has 0 bridgehead atoms. The van der Waals surface area contributed by atoms with Gasteiger partial charge in [0.1, 0.15) is 11.5 Å². The number of likely N-dealkylation sites (tertiary alicyclic amines) is 1. The molecule has 0 aliphatic carbocycles. The van der Waals surface area contributed by atoms with Crippen molar-refractivity contribution in [1.29, 1.82) is 0 Å². The molecule has 1 aliphatic heterocycles. The number of hydrogen-bond donors (Lipinski definition) is 1. The molecule has 0 spiro atoms. The van der Waals surface area contributed by atoms with Crippen molar-refractivity contribution >= 4 is 17.4 Å². The van der Waals surface area contributed by atoms with Crippen molar-refractivity contribution in [2.75, 3.05) is 13.2 Å². The first-order valence-electron chi connectivity index (χ1n) is 11.1. The largest absolute Gasteiger partial charge is 0.507 e. The average molecular weight is 422 g/mol. The zero-order chi connectivity index (χ0) is 22.4. The number of benzene rings is 2. The first kappa shape index (κ1) is 22.6. The maximum atomic E-state index is 13.0. The van der Waals surface area contributed by atoms with Gasteiger partial charge in [-0.1, -0.05) is 63.1 Å². The summed E-state index contributed by atoms with van der Waals surface area (Å²) in [5.41, 5.74) is 2.57. The second kappa shape index (κ2) is 10.3. The molecule has 1 fully saturated rings. The van der Waals surface area contributed by atoms with E-state index in [1.165, 1.54) is 0 Å². The fraction of sp³-hybridized carbons (Fsp3) is 0.385. The van der Waals surface area contributed by atoms with E-state index in [9.17, 15) is 14.7 Å². The minimum atomic E-state index is -0.639. The molecule has 5 nitrogen and oxygen atoms in total. The minimum Gasteiger partial charge on any atom is -0.507 e.